The highest BCUT2D eigenvalue weighted by Gasteiger charge is 2.24. The van der Waals surface area contributed by atoms with Crippen LogP contribution in [-0.2, 0) is 11.3 Å². The number of primary amides is 1. The Morgan fingerprint density at radius 1 is 1.22 bits per heavy atom. The number of urea groups is 1. The van der Waals surface area contributed by atoms with Gasteiger partial charge in [0.1, 0.15) is 6.04 Å². The molecule has 0 spiro atoms. The molecular formula is C16H25N3O4. The molecule has 0 unspecified atom stereocenters. The number of carbonyl (C=O) groups excluding carboxylic acids is 2. The molecule has 0 saturated carbocycles. The fourth-order valence-electron chi connectivity index (χ4n) is 2.14. The van der Waals surface area contributed by atoms with Crippen molar-refractivity contribution in [1.29, 1.82) is 0 Å². The Morgan fingerprint density at radius 3 is 2.39 bits per heavy atom. The summed E-state index contributed by atoms with van der Waals surface area (Å²) < 4.78 is 10.4. The van der Waals surface area contributed by atoms with E-state index in [-0.39, 0.29) is 11.8 Å². The van der Waals surface area contributed by atoms with E-state index < -0.39 is 12.1 Å². The molecule has 7 nitrogen and oxygen atoms in total. The van der Waals surface area contributed by atoms with Gasteiger partial charge in [0.25, 0.3) is 0 Å². The van der Waals surface area contributed by atoms with Gasteiger partial charge in [-0.15, -0.1) is 0 Å². The number of nitrogens with two attached hydrogens (primary N) is 1. The second-order valence-corrected chi connectivity index (χ2v) is 5.28. The predicted molar refractivity (Wildman–Crippen MR) is 87.4 cm³/mol. The Bertz CT molecular complexity index is 548. The number of ether oxygens (including phenoxy) is 2. The lowest BCUT2D eigenvalue weighted by Crippen LogP contribution is -2.51. The number of rotatable bonds is 8. The highest BCUT2D eigenvalue weighted by molar-refractivity contribution is 5.86. The molecule has 128 valence electrons. The zero-order valence-electron chi connectivity index (χ0n) is 14.0. The fraction of sp³-hybridized carbons (Fsp3) is 0.500. The monoisotopic (exact) mass is 323 g/mol. The van der Waals surface area contributed by atoms with Crippen LogP contribution in [0.3, 0.4) is 0 Å². The number of hydrogen-bond acceptors (Lipinski definition) is 4. The van der Waals surface area contributed by atoms with Crippen molar-refractivity contribution >= 4 is 11.9 Å². The molecule has 0 aliphatic rings. The maximum absolute atomic E-state index is 12.3. The summed E-state index contributed by atoms with van der Waals surface area (Å²) in [6.07, 6.45) is 0.745. The average molecular weight is 323 g/mol. The van der Waals surface area contributed by atoms with Crippen molar-refractivity contribution in [2.24, 2.45) is 11.7 Å². The van der Waals surface area contributed by atoms with Gasteiger partial charge in [-0.3, -0.25) is 4.79 Å². The van der Waals surface area contributed by atoms with Crippen molar-refractivity contribution in [3.63, 3.8) is 0 Å². The van der Waals surface area contributed by atoms with Crippen LogP contribution in [0.15, 0.2) is 18.2 Å². The smallest absolute Gasteiger partial charge is 0.312 e. The minimum absolute atomic E-state index is 0.0205. The van der Waals surface area contributed by atoms with Crippen molar-refractivity contribution in [3.05, 3.63) is 23.8 Å². The first-order valence-corrected chi connectivity index (χ1v) is 7.47. The van der Waals surface area contributed by atoms with Gasteiger partial charge in [0.05, 0.1) is 14.2 Å². The molecule has 2 atom stereocenters. The summed E-state index contributed by atoms with van der Waals surface area (Å²) in [6, 6.07) is 4.03. The van der Waals surface area contributed by atoms with E-state index in [9.17, 15) is 9.59 Å². The average Bonchev–Trinajstić information content (AvgIpc) is 2.56. The van der Waals surface area contributed by atoms with E-state index in [0.29, 0.717) is 18.0 Å². The third-order valence-corrected chi connectivity index (χ3v) is 3.71. The van der Waals surface area contributed by atoms with Crippen LogP contribution in [-0.4, -0.2) is 32.2 Å². The van der Waals surface area contributed by atoms with Crippen LogP contribution in [0.4, 0.5) is 4.79 Å². The molecule has 1 aromatic rings. The molecule has 0 saturated heterocycles. The summed E-state index contributed by atoms with van der Waals surface area (Å²) in [4.78, 5) is 23.4. The molecule has 0 aliphatic heterocycles. The molecule has 1 aromatic carbocycles. The highest BCUT2D eigenvalue weighted by Crippen LogP contribution is 2.27. The van der Waals surface area contributed by atoms with Gasteiger partial charge in [-0.1, -0.05) is 26.3 Å². The Labute approximate surface area is 136 Å². The normalized spacial score (nSPS) is 12.9. The standard InChI is InChI=1S/C16H25N3O4/c1-5-10(2)14(19-16(17)21)15(20)18-9-11-6-7-12(22-3)13(8-11)23-4/h6-8,10,14H,5,9H2,1-4H3,(H,18,20)(H3,17,19,21)/t10-,14+/m1/s1. The Kier molecular flexibility index (Phi) is 7.18. The van der Waals surface area contributed by atoms with Crippen molar-refractivity contribution < 1.29 is 19.1 Å². The largest absolute Gasteiger partial charge is 0.493 e. The zero-order chi connectivity index (χ0) is 17.4. The van der Waals surface area contributed by atoms with Crippen LogP contribution in [0.25, 0.3) is 0 Å². The molecular weight excluding hydrogens is 298 g/mol. The van der Waals surface area contributed by atoms with Crippen LogP contribution >= 0.6 is 0 Å². The number of methoxy groups -OCH3 is 2. The first-order chi connectivity index (χ1) is 10.9. The molecule has 0 radical (unpaired) electrons. The summed E-state index contributed by atoms with van der Waals surface area (Å²) in [6.45, 7) is 4.14. The van der Waals surface area contributed by atoms with E-state index in [4.69, 9.17) is 15.2 Å². The van der Waals surface area contributed by atoms with Gasteiger partial charge in [0.2, 0.25) is 5.91 Å². The maximum atomic E-state index is 12.3. The SMILES string of the molecule is CC[C@@H](C)[C@H](NC(N)=O)C(=O)NCc1ccc(OC)c(OC)c1. The molecule has 0 fully saturated rings. The first kappa shape index (κ1) is 18.6. The lowest BCUT2D eigenvalue weighted by molar-refractivity contribution is -0.124. The first-order valence-electron chi connectivity index (χ1n) is 7.47. The maximum Gasteiger partial charge on any atom is 0.312 e. The molecule has 4 N–H and O–H groups in total. The summed E-state index contributed by atoms with van der Waals surface area (Å²) in [7, 11) is 3.11. The third kappa shape index (κ3) is 5.36. The van der Waals surface area contributed by atoms with E-state index in [1.54, 1.807) is 26.4 Å². The quantitative estimate of drug-likeness (QED) is 0.673. The van der Waals surface area contributed by atoms with Crippen LogP contribution in [0.2, 0.25) is 0 Å². The van der Waals surface area contributed by atoms with Crippen LogP contribution in [0, 0.1) is 5.92 Å². The molecule has 0 aromatic heterocycles. The van der Waals surface area contributed by atoms with Crippen molar-refractivity contribution in [3.8, 4) is 11.5 Å². The minimum Gasteiger partial charge on any atom is -0.493 e. The van der Waals surface area contributed by atoms with Crippen molar-refractivity contribution in [2.75, 3.05) is 14.2 Å². The van der Waals surface area contributed by atoms with Crippen LogP contribution < -0.4 is 25.8 Å². The van der Waals surface area contributed by atoms with Crippen LogP contribution in [0.1, 0.15) is 25.8 Å². The number of hydrogen-bond donors (Lipinski definition) is 3. The Hall–Kier alpha value is -2.44. The number of amides is 3. The van der Waals surface area contributed by atoms with Gasteiger partial charge in [-0.2, -0.15) is 0 Å². The fourth-order valence-corrected chi connectivity index (χ4v) is 2.14. The Balaban J connectivity index is 2.75. The van der Waals surface area contributed by atoms with E-state index in [0.717, 1.165) is 12.0 Å². The Morgan fingerprint density at radius 2 is 1.87 bits per heavy atom. The summed E-state index contributed by atoms with van der Waals surface area (Å²) >= 11 is 0. The number of carbonyl (C=O) groups is 2. The highest BCUT2D eigenvalue weighted by atomic mass is 16.5. The minimum atomic E-state index is -0.712. The second-order valence-electron chi connectivity index (χ2n) is 5.28. The van der Waals surface area contributed by atoms with Gasteiger partial charge in [0.15, 0.2) is 11.5 Å². The molecule has 1 rings (SSSR count). The van der Waals surface area contributed by atoms with Gasteiger partial charge >= 0.3 is 6.03 Å². The molecule has 0 heterocycles. The van der Waals surface area contributed by atoms with Crippen molar-refractivity contribution in [1.82, 2.24) is 10.6 Å². The zero-order valence-corrected chi connectivity index (χ0v) is 14.0. The third-order valence-electron chi connectivity index (χ3n) is 3.71. The number of benzene rings is 1. The molecule has 0 bridgehead atoms. The van der Waals surface area contributed by atoms with Gasteiger partial charge in [-0.25, -0.2) is 4.79 Å². The number of nitrogens with one attached hydrogen (secondary N) is 2. The lowest BCUT2D eigenvalue weighted by atomic mass is 9.98. The van der Waals surface area contributed by atoms with E-state index in [1.807, 2.05) is 19.9 Å². The van der Waals surface area contributed by atoms with Gasteiger partial charge < -0.3 is 25.8 Å². The predicted octanol–water partition coefficient (Wildman–Crippen LogP) is 1.40. The van der Waals surface area contributed by atoms with E-state index >= 15 is 0 Å². The van der Waals surface area contributed by atoms with Gasteiger partial charge in [-0.05, 0) is 23.6 Å². The molecule has 23 heavy (non-hydrogen) atoms. The summed E-state index contributed by atoms with van der Waals surface area (Å²) in [5.74, 6) is 0.921. The van der Waals surface area contributed by atoms with Crippen LogP contribution in [0.5, 0.6) is 11.5 Å². The second kappa shape index (κ2) is 8.87. The van der Waals surface area contributed by atoms with E-state index in [2.05, 4.69) is 10.6 Å². The summed E-state index contributed by atoms with van der Waals surface area (Å²) in [5.41, 5.74) is 6.00. The molecule has 0 aliphatic carbocycles. The summed E-state index contributed by atoms with van der Waals surface area (Å²) in [5, 5.41) is 5.29. The molecule has 3 amide bonds. The molecule has 7 heteroatoms. The van der Waals surface area contributed by atoms with Gasteiger partial charge in [0, 0.05) is 6.54 Å². The topological polar surface area (TPSA) is 103 Å². The lowest BCUT2D eigenvalue weighted by Gasteiger charge is -2.22. The van der Waals surface area contributed by atoms with E-state index in [1.165, 1.54) is 0 Å². The van der Waals surface area contributed by atoms with Crippen molar-refractivity contribution in [2.45, 2.75) is 32.9 Å².